The minimum absolute atomic E-state index is 0.0534. The van der Waals surface area contributed by atoms with Crippen molar-refractivity contribution < 1.29 is 22.7 Å². The molecule has 6 N–H and O–H groups in total. The first-order chi connectivity index (χ1) is 17.4. The number of aldehydes is 1. The second-order valence-electron chi connectivity index (χ2n) is 6.65. The Morgan fingerprint density at radius 3 is 2.44 bits per heavy atom. The van der Waals surface area contributed by atoms with Crippen molar-refractivity contribution in [2.75, 3.05) is 37.9 Å². The van der Waals surface area contributed by atoms with Crippen molar-refractivity contribution in [3.63, 3.8) is 0 Å². The van der Waals surface area contributed by atoms with Crippen LogP contribution in [0.15, 0.2) is 47.4 Å². The van der Waals surface area contributed by atoms with Crippen molar-refractivity contribution in [3.8, 4) is 17.6 Å². The number of halogens is 3. The van der Waals surface area contributed by atoms with E-state index < -0.39 is 12.7 Å². The van der Waals surface area contributed by atoms with Crippen LogP contribution in [0.2, 0.25) is 0 Å². The number of aromatic nitrogens is 1. The summed E-state index contributed by atoms with van der Waals surface area (Å²) in [5.41, 5.74) is 6.36. The van der Waals surface area contributed by atoms with Gasteiger partial charge in [-0.05, 0) is 61.3 Å². The third-order valence-electron chi connectivity index (χ3n) is 4.55. The Bertz CT molecular complexity index is 1170. The van der Waals surface area contributed by atoms with Crippen LogP contribution in [0.25, 0.3) is 10.9 Å². The molecule has 3 aromatic rings. The molecule has 11 heteroatoms. The van der Waals surface area contributed by atoms with Crippen LogP contribution in [-0.2, 0) is 11.3 Å². The first-order valence-electron chi connectivity index (χ1n) is 11.1. The van der Waals surface area contributed by atoms with Crippen molar-refractivity contribution in [3.05, 3.63) is 48.2 Å². The number of nitrogens with zero attached hydrogens (tertiary/aromatic N) is 1. The van der Waals surface area contributed by atoms with Crippen LogP contribution in [0.4, 0.5) is 24.5 Å². The van der Waals surface area contributed by atoms with Crippen molar-refractivity contribution >= 4 is 40.5 Å². The van der Waals surface area contributed by atoms with Gasteiger partial charge in [0.1, 0.15) is 18.6 Å². The zero-order chi connectivity index (χ0) is 27.1. The number of hydrogen-bond donors (Lipinski definition) is 4. The van der Waals surface area contributed by atoms with E-state index in [0.717, 1.165) is 21.4 Å². The number of fused-ring (bicyclic) bond motifs is 1. The summed E-state index contributed by atoms with van der Waals surface area (Å²) in [5, 5.41) is 12.1. The van der Waals surface area contributed by atoms with Gasteiger partial charge in [0, 0.05) is 16.0 Å². The van der Waals surface area contributed by atoms with E-state index in [0.29, 0.717) is 34.3 Å². The highest BCUT2D eigenvalue weighted by Crippen LogP contribution is 2.30. The Morgan fingerprint density at radius 2 is 1.83 bits per heavy atom. The van der Waals surface area contributed by atoms with Crippen LogP contribution in [0, 0.1) is 11.8 Å². The van der Waals surface area contributed by atoms with E-state index in [1.54, 1.807) is 36.4 Å². The maximum absolute atomic E-state index is 13.2. The number of carbonyl (C=O) groups is 1. The molecule has 0 amide bonds. The van der Waals surface area contributed by atoms with E-state index in [2.05, 4.69) is 28.2 Å². The summed E-state index contributed by atoms with van der Waals surface area (Å²) >= 11 is 1.09. The van der Waals surface area contributed by atoms with Crippen LogP contribution in [0.5, 0.6) is 5.75 Å². The minimum atomic E-state index is -4.41. The Hall–Kier alpha value is -3.33. The van der Waals surface area contributed by atoms with E-state index in [4.69, 9.17) is 9.88 Å². The summed E-state index contributed by atoms with van der Waals surface area (Å²) in [6.07, 6.45) is -3.73. The monoisotopic (exact) mass is 523 g/mol. The van der Waals surface area contributed by atoms with E-state index in [9.17, 15) is 18.0 Å². The molecular formula is C25H32F3N5O2S. The predicted octanol–water partition coefficient (Wildman–Crippen LogP) is 4.85. The van der Waals surface area contributed by atoms with Crippen LogP contribution in [-0.4, -0.2) is 44.3 Å². The molecule has 0 aliphatic rings. The number of carbonyl (C=O) groups excluding carboxylic acids is 1. The number of nitrogens with one attached hydrogen (secondary N) is 2. The zero-order valence-corrected chi connectivity index (χ0v) is 21.5. The Balaban J connectivity index is 0.00000154. The highest BCUT2D eigenvalue weighted by Gasteiger charge is 2.29. The molecule has 196 valence electrons. The number of alkyl halides is 3. The number of methoxy groups -OCH3 is 1. The fourth-order valence-corrected chi connectivity index (χ4v) is 3.53. The number of ether oxygens (including phenoxy) is 1. The summed E-state index contributed by atoms with van der Waals surface area (Å²) in [5.74, 6) is 6.28. The van der Waals surface area contributed by atoms with E-state index >= 15 is 0 Å². The van der Waals surface area contributed by atoms with Crippen molar-refractivity contribution in [2.45, 2.75) is 31.5 Å². The zero-order valence-electron chi connectivity index (χ0n) is 20.7. The molecule has 1 aromatic heterocycles. The standard InChI is InChI=1S/C22H21F3N4O2S.C2H6.CH5N/c1-31-21-13-16(32-26)7-8-19(21)27-9-3-4-15-12-17-18(28-10-11-30)5-2-6-20(17)29(15)14-22(23,24)25;2*1-2/h2,5-8,11-13,27-28H,9-10,14,26H2,1H3;1-2H3;2H2,1H3. The topological polar surface area (TPSA) is 107 Å². The molecule has 3 rings (SSSR count). The number of rotatable bonds is 8. The van der Waals surface area contributed by atoms with Gasteiger partial charge in [-0.1, -0.05) is 25.8 Å². The largest absolute Gasteiger partial charge is 0.495 e. The highest BCUT2D eigenvalue weighted by atomic mass is 32.2. The normalized spacial score (nSPS) is 10.1. The highest BCUT2D eigenvalue weighted by molar-refractivity contribution is 7.97. The lowest BCUT2D eigenvalue weighted by atomic mass is 10.2. The first-order valence-corrected chi connectivity index (χ1v) is 12.0. The van der Waals surface area contributed by atoms with Crippen molar-refractivity contribution in [1.82, 2.24) is 4.57 Å². The third kappa shape index (κ3) is 8.71. The van der Waals surface area contributed by atoms with Crippen LogP contribution >= 0.6 is 11.9 Å². The second kappa shape index (κ2) is 15.6. The molecule has 1 heterocycles. The Morgan fingerprint density at radius 1 is 1.11 bits per heavy atom. The van der Waals surface area contributed by atoms with Gasteiger partial charge in [0.15, 0.2) is 0 Å². The Labute approximate surface area is 213 Å². The SMILES string of the molecule is CC.CN.COc1cc(SN)ccc1NCC#Cc1cc2c(NCC=O)cccc2n1CC(F)(F)F. The lowest BCUT2D eigenvalue weighted by Crippen LogP contribution is -2.18. The second-order valence-corrected chi connectivity index (χ2v) is 7.36. The van der Waals surface area contributed by atoms with Crippen LogP contribution < -0.4 is 26.2 Å². The number of benzene rings is 2. The van der Waals surface area contributed by atoms with Gasteiger partial charge in [-0.25, -0.2) is 0 Å². The van der Waals surface area contributed by atoms with Crippen LogP contribution in [0.1, 0.15) is 19.5 Å². The number of hydrogen-bond acceptors (Lipinski definition) is 7. The lowest BCUT2D eigenvalue weighted by Gasteiger charge is -2.11. The average molecular weight is 524 g/mol. The summed E-state index contributed by atoms with van der Waals surface area (Å²) in [6, 6.07) is 11.9. The van der Waals surface area contributed by atoms with E-state index in [1.165, 1.54) is 14.2 Å². The molecule has 0 aliphatic carbocycles. The van der Waals surface area contributed by atoms with Gasteiger partial charge in [-0.15, -0.1) is 0 Å². The molecule has 7 nitrogen and oxygen atoms in total. The molecule has 0 fully saturated rings. The average Bonchev–Trinajstić information content (AvgIpc) is 3.24. The molecular weight excluding hydrogens is 491 g/mol. The summed E-state index contributed by atoms with van der Waals surface area (Å²) in [6.45, 7) is 3.07. The maximum atomic E-state index is 13.2. The van der Waals surface area contributed by atoms with Gasteiger partial charge in [-0.2, -0.15) is 13.2 Å². The molecule has 0 atom stereocenters. The summed E-state index contributed by atoms with van der Waals surface area (Å²) in [4.78, 5) is 11.5. The molecule has 0 bridgehead atoms. The summed E-state index contributed by atoms with van der Waals surface area (Å²) in [7, 11) is 3.03. The smallest absolute Gasteiger partial charge is 0.406 e. The van der Waals surface area contributed by atoms with Gasteiger partial charge in [0.2, 0.25) is 0 Å². The minimum Gasteiger partial charge on any atom is -0.495 e. The molecule has 36 heavy (non-hydrogen) atoms. The van der Waals surface area contributed by atoms with Gasteiger partial charge in [-0.3, -0.25) is 5.14 Å². The maximum Gasteiger partial charge on any atom is 0.406 e. The quantitative estimate of drug-likeness (QED) is 0.190. The summed E-state index contributed by atoms with van der Waals surface area (Å²) < 4.78 is 46.1. The van der Waals surface area contributed by atoms with Crippen LogP contribution in [0.3, 0.4) is 0 Å². The van der Waals surface area contributed by atoms with Crippen molar-refractivity contribution in [1.29, 1.82) is 0 Å². The molecule has 2 aromatic carbocycles. The van der Waals surface area contributed by atoms with E-state index in [-0.39, 0.29) is 18.8 Å². The molecule has 0 spiro atoms. The predicted molar refractivity (Wildman–Crippen MR) is 142 cm³/mol. The first kappa shape index (κ1) is 30.7. The lowest BCUT2D eigenvalue weighted by molar-refractivity contribution is -0.140. The molecule has 0 aliphatic heterocycles. The molecule has 0 saturated heterocycles. The van der Waals surface area contributed by atoms with E-state index in [1.807, 2.05) is 19.9 Å². The van der Waals surface area contributed by atoms with Gasteiger partial charge in [0.25, 0.3) is 0 Å². The number of anilines is 2. The Kier molecular flexibility index (Phi) is 13.3. The molecule has 0 radical (unpaired) electrons. The van der Waals surface area contributed by atoms with Gasteiger partial charge in [0.05, 0.1) is 37.1 Å². The fourth-order valence-electron chi connectivity index (χ4n) is 3.21. The van der Waals surface area contributed by atoms with Gasteiger partial charge >= 0.3 is 6.18 Å². The molecule has 0 saturated carbocycles. The fraction of sp³-hybridized carbons (Fsp3) is 0.320. The number of nitrogens with two attached hydrogens (primary N) is 2. The third-order valence-corrected chi connectivity index (χ3v) is 5.08. The molecule has 0 unspecified atom stereocenters. The van der Waals surface area contributed by atoms with Crippen molar-refractivity contribution in [2.24, 2.45) is 10.9 Å². The van der Waals surface area contributed by atoms with Gasteiger partial charge < -0.3 is 30.5 Å².